The molecule has 4 nitrogen and oxygen atoms in total. The van der Waals surface area contributed by atoms with Crippen molar-refractivity contribution in [2.24, 2.45) is 5.73 Å². The van der Waals surface area contributed by atoms with E-state index in [-0.39, 0.29) is 6.04 Å². The molecular formula is C14H16BrN3O. The normalized spacial score (nSPS) is 12.2. The average Bonchev–Trinajstić information content (AvgIpc) is 2.41. The van der Waals surface area contributed by atoms with E-state index in [2.05, 4.69) is 32.8 Å². The van der Waals surface area contributed by atoms with Crippen LogP contribution in [0, 0.1) is 0 Å². The maximum absolute atomic E-state index is 5.99. The van der Waals surface area contributed by atoms with E-state index in [4.69, 9.17) is 10.5 Å². The fourth-order valence-electron chi connectivity index (χ4n) is 1.66. The summed E-state index contributed by atoms with van der Waals surface area (Å²) in [4.78, 5) is 8.33. The topological polar surface area (TPSA) is 61.0 Å². The quantitative estimate of drug-likeness (QED) is 0.917. The third-order valence-electron chi connectivity index (χ3n) is 2.75. The van der Waals surface area contributed by atoms with E-state index in [1.807, 2.05) is 18.2 Å². The monoisotopic (exact) mass is 321 g/mol. The van der Waals surface area contributed by atoms with Gasteiger partial charge in [0.1, 0.15) is 5.75 Å². The van der Waals surface area contributed by atoms with Gasteiger partial charge in [-0.25, -0.2) is 4.98 Å². The van der Waals surface area contributed by atoms with Crippen molar-refractivity contribution in [3.63, 3.8) is 0 Å². The lowest BCUT2D eigenvalue weighted by atomic mass is 10.1. The van der Waals surface area contributed by atoms with Gasteiger partial charge >= 0.3 is 0 Å². The third-order valence-corrected chi connectivity index (χ3v) is 3.18. The van der Waals surface area contributed by atoms with Gasteiger partial charge in [-0.05, 0) is 40.9 Å². The summed E-state index contributed by atoms with van der Waals surface area (Å²) in [6, 6.07) is 5.85. The zero-order valence-corrected chi connectivity index (χ0v) is 12.3. The van der Waals surface area contributed by atoms with Crippen LogP contribution in [-0.2, 0) is 6.42 Å². The van der Waals surface area contributed by atoms with Gasteiger partial charge in [-0.3, -0.25) is 4.98 Å². The van der Waals surface area contributed by atoms with Crippen molar-refractivity contribution in [2.75, 3.05) is 0 Å². The van der Waals surface area contributed by atoms with Crippen LogP contribution in [0.25, 0.3) is 0 Å². The molecule has 2 aromatic heterocycles. The summed E-state index contributed by atoms with van der Waals surface area (Å²) in [5, 5.41) is 0. The molecule has 2 N–H and O–H groups in total. The van der Waals surface area contributed by atoms with Crippen LogP contribution in [0.4, 0.5) is 0 Å². The van der Waals surface area contributed by atoms with E-state index in [1.165, 1.54) is 0 Å². The first-order valence-electron chi connectivity index (χ1n) is 6.17. The molecule has 0 aliphatic carbocycles. The Morgan fingerprint density at radius 2 is 2.26 bits per heavy atom. The van der Waals surface area contributed by atoms with Gasteiger partial charge in [0, 0.05) is 28.5 Å². The molecule has 0 amide bonds. The summed E-state index contributed by atoms with van der Waals surface area (Å²) in [5.41, 5.74) is 7.00. The van der Waals surface area contributed by atoms with Crippen LogP contribution in [0.3, 0.4) is 0 Å². The van der Waals surface area contributed by atoms with Crippen molar-refractivity contribution in [1.82, 2.24) is 9.97 Å². The Morgan fingerprint density at radius 1 is 1.42 bits per heavy atom. The number of nitrogens with two attached hydrogens (primary N) is 1. The van der Waals surface area contributed by atoms with Gasteiger partial charge in [0.25, 0.3) is 0 Å². The maximum Gasteiger partial charge on any atom is 0.222 e. The average molecular weight is 322 g/mol. The second kappa shape index (κ2) is 6.63. The van der Waals surface area contributed by atoms with Gasteiger partial charge in [-0.2, -0.15) is 0 Å². The van der Waals surface area contributed by atoms with E-state index in [9.17, 15) is 0 Å². The molecule has 0 aliphatic heterocycles. The molecule has 1 unspecified atom stereocenters. The number of pyridine rings is 2. The molecule has 0 aliphatic rings. The van der Waals surface area contributed by atoms with Crippen LogP contribution in [-0.4, -0.2) is 16.0 Å². The van der Waals surface area contributed by atoms with Gasteiger partial charge in [-0.1, -0.05) is 13.0 Å². The van der Waals surface area contributed by atoms with E-state index >= 15 is 0 Å². The first-order chi connectivity index (χ1) is 9.19. The molecule has 0 bridgehead atoms. The van der Waals surface area contributed by atoms with Crippen LogP contribution in [0.15, 0.2) is 41.3 Å². The standard InChI is InChI=1S/C14H16BrN3O/c1-2-12(16)6-10-4-3-5-18-14(10)19-13-7-11(15)8-17-9-13/h3-5,7-9,12H,2,6,16H2,1H3. The lowest BCUT2D eigenvalue weighted by molar-refractivity contribution is 0.450. The summed E-state index contributed by atoms with van der Waals surface area (Å²) >= 11 is 3.36. The van der Waals surface area contributed by atoms with E-state index in [0.29, 0.717) is 11.6 Å². The summed E-state index contributed by atoms with van der Waals surface area (Å²) in [5.74, 6) is 1.24. The number of ether oxygens (including phenoxy) is 1. The highest BCUT2D eigenvalue weighted by molar-refractivity contribution is 9.10. The summed E-state index contributed by atoms with van der Waals surface area (Å²) in [6.07, 6.45) is 6.75. The molecule has 2 heterocycles. The fraction of sp³-hybridized carbons (Fsp3) is 0.286. The molecule has 0 saturated heterocycles. The van der Waals surface area contributed by atoms with Gasteiger partial charge in [0.15, 0.2) is 0 Å². The van der Waals surface area contributed by atoms with Crippen LogP contribution in [0.5, 0.6) is 11.6 Å². The van der Waals surface area contributed by atoms with E-state index in [1.54, 1.807) is 18.6 Å². The Balaban J connectivity index is 2.20. The van der Waals surface area contributed by atoms with Gasteiger partial charge in [0.2, 0.25) is 5.88 Å². The first kappa shape index (κ1) is 14.0. The Hall–Kier alpha value is -1.46. The summed E-state index contributed by atoms with van der Waals surface area (Å²) < 4.78 is 6.64. The molecular weight excluding hydrogens is 306 g/mol. The molecule has 2 rings (SSSR count). The Kier molecular flexibility index (Phi) is 4.87. The van der Waals surface area contributed by atoms with E-state index in [0.717, 1.165) is 22.9 Å². The minimum Gasteiger partial charge on any atom is -0.437 e. The number of nitrogens with zero attached hydrogens (tertiary/aromatic N) is 2. The molecule has 0 radical (unpaired) electrons. The van der Waals surface area contributed by atoms with Crippen molar-refractivity contribution in [3.8, 4) is 11.6 Å². The smallest absolute Gasteiger partial charge is 0.222 e. The predicted octanol–water partition coefficient (Wildman–Crippen LogP) is 3.31. The summed E-state index contributed by atoms with van der Waals surface area (Å²) in [7, 11) is 0. The predicted molar refractivity (Wildman–Crippen MR) is 78.2 cm³/mol. The zero-order valence-electron chi connectivity index (χ0n) is 10.7. The molecule has 100 valence electrons. The molecule has 5 heteroatoms. The number of halogens is 1. The lowest BCUT2D eigenvalue weighted by Gasteiger charge is -2.12. The van der Waals surface area contributed by atoms with Gasteiger partial charge in [-0.15, -0.1) is 0 Å². The van der Waals surface area contributed by atoms with Crippen molar-refractivity contribution in [1.29, 1.82) is 0 Å². The summed E-state index contributed by atoms with van der Waals surface area (Å²) in [6.45, 7) is 2.07. The van der Waals surface area contributed by atoms with Crippen LogP contribution in [0.1, 0.15) is 18.9 Å². The number of hydrogen-bond acceptors (Lipinski definition) is 4. The molecule has 0 aromatic carbocycles. The Morgan fingerprint density at radius 3 is 3.00 bits per heavy atom. The highest BCUT2D eigenvalue weighted by Gasteiger charge is 2.10. The second-order valence-electron chi connectivity index (χ2n) is 4.28. The maximum atomic E-state index is 5.99. The number of hydrogen-bond donors (Lipinski definition) is 1. The van der Waals surface area contributed by atoms with Crippen molar-refractivity contribution in [2.45, 2.75) is 25.8 Å². The minimum absolute atomic E-state index is 0.118. The van der Waals surface area contributed by atoms with Crippen LogP contribution < -0.4 is 10.5 Å². The first-order valence-corrected chi connectivity index (χ1v) is 6.96. The Bertz CT molecular complexity index is 548. The third kappa shape index (κ3) is 4.01. The van der Waals surface area contributed by atoms with Gasteiger partial charge < -0.3 is 10.5 Å². The lowest BCUT2D eigenvalue weighted by Crippen LogP contribution is -2.21. The SMILES string of the molecule is CCC(N)Cc1cccnc1Oc1cncc(Br)c1. The Labute approximate surface area is 121 Å². The van der Waals surface area contributed by atoms with Crippen molar-refractivity contribution >= 4 is 15.9 Å². The number of rotatable bonds is 5. The molecule has 0 spiro atoms. The van der Waals surface area contributed by atoms with Gasteiger partial charge in [0.05, 0.1) is 6.20 Å². The molecule has 2 aromatic rings. The van der Waals surface area contributed by atoms with E-state index < -0.39 is 0 Å². The number of aromatic nitrogens is 2. The zero-order chi connectivity index (χ0) is 13.7. The molecule has 0 fully saturated rings. The van der Waals surface area contributed by atoms with Crippen molar-refractivity contribution in [3.05, 3.63) is 46.8 Å². The van der Waals surface area contributed by atoms with Crippen molar-refractivity contribution < 1.29 is 4.74 Å². The van der Waals surface area contributed by atoms with Crippen LogP contribution in [0.2, 0.25) is 0 Å². The second-order valence-corrected chi connectivity index (χ2v) is 5.20. The molecule has 0 saturated carbocycles. The van der Waals surface area contributed by atoms with Crippen LogP contribution >= 0.6 is 15.9 Å². The molecule has 1 atom stereocenters. The fourth-order valence-corrected chi connectivity index (χ4v) is 2.00. The highest BCUT2D eigenvalue weighted by Crippen LogP contribution is 2.25. The largest absolute Gasteiger partial charge is 0.437 e. The molecule has 19 heavy (non-hydrogen) atoms. The highest BCUT2D eigenvalue weighted by atomic mass is 79.9. The minimum atomic E-state index is 0.118.